The minimum Gasteiger partial charge on any atom is -0.493 e. The molecular weight excluding hydrogens is 687 g/mol. The van der Waals surface area contributed by atoms with Crippen molar-refractivity contribution in [2.24, 2.45) is 0 Å². The Kier molecular flexibility index (Phi) is 9.58. The van der Waals surface area contributed by atoms with Crippen molar-refractivity contribution in [2.45, 2.75) is 45.5 Å². The standard InChI is InChI=1S/C36H32F3N5O6S/c1-35(2,3)50-34(47)40-19-20-5-7-22(8-6-20)41-32(45)25-17-26-27(49-15-12-21-13-16-51-31(21)26)18-24(25)23-9-10-29(42-30(23)33(46)48-4)44-14-11-28(43-44)36(37,38)39/h5-11,13-14,16-18H,12,15,19H2,1-4H3,(H,40,47)(H,41,45). The first-order valence-electron chi connectivity index (χ1n) is 15.7. The van der Waals surface area contributed by atoms with Gasteiger partial charge in [-0.15, -0.1) is 11.3 Å². The highest BCUT2D eigenvalue weighted by atomic mass is 32.1. The Bertz CT molecular complexity index is 2120. The molecular formula is C36H32F3N5O6S. The first-order valence-corrected chi connectivity index (χ1v) is 16.6. The summed E-state index contributed by atoms with van der Waals surface area (Å²) in [6, 6.07) is 15.9. The van der Waals surface area contributed by atoms with E-state index in [1.54, 1.807) is 57.2 Å². The summed E-state index contributed by atoms with van der Waals surface area (Å²) in [5.74, 6) is -0.993. The van der Waals surface area contributed by atoms with Crippen molar-refractivity contribution >= 4 is 35.0 Å². The number of carbonyl (C=O) groups is 3. The molecule has 15 heteroatoms. The number of hydrogen-bond acceptors (Lipinski definition) is 9. The number of alkyl halides is 3. The third-order valence-electron chi connectivity index (χ3n) is 7.70. The smallest absolute Gasteiger partial charge is 0.435 e. The summed E-state index contributed by atoms with van der Waals surface area (Å²) in [5, 5.41) is 11.1. The largest absolute Gasteiger partial charge is 0.493 e. The zero-order chi connectivity index (χ0) is 36.5. The van der Waals surface area contributed by atoms with Crippen LogP contribution in [0.2, 0.25) is 0 Å². The lowest BCUT2D eigenvalue weighted by Gasteiger charge is -2.19. The van der Waals surface area contributed by atoms with E-state index in [0.29, 0.717) is 30.0 Å². The van der Waals surface area contributed by atoms with E-state index >= 15 is 0 Å². The molecule has 11 nitrogen and oxygen atoms in total. The number of esters is 1. The van der Waals surface area contributed by atoms with Gasteiger partial charge in [0.2, 0.25) is 0 Å². The number of amides is 2. The average molecular weight is 720 g/mol. The van der Waals surface area contributed by atoms with Gasteiger partial charge in [-0.2, -0.15) is 18.3 Å². The lowest BCUT2D eigenvalue weighted by atomic mass is 9.93. The van der Waals surface area contributed by atoms with Crippen molar-refractivity contribution in [3.8, 4) is 33.1 Å². The Morgan fingerprint density at radius 2 is 1.75 bits per heavy atom. The summed E-state index contributed by atoms with van der Waals surface area (Å²) in [4.78, 5) is 44.6. The molecule has 0 fully saturated rings. The number of nitrogens with one attached hydrogen (secondary N) is 2. The second-order valence-electron chi connectivity index (χ2n) is 12.5. The van der Waals surface area contributed by atoms with Gasteiger partial charge in [0.05, 0.1) is 13.7 Å². The molecule has 2 N–H and O–H groups in total. The highest BCUT2D eigenvalue weighted by molar-refractivity contribution is 7.13. The summed E-state index contributed by atoms with van der Waals surface area (Å²) < 4.78 is 57.1. The number of rotatable bonds is 7. The van der Waals surface area contributed by atoms with Gasteiger partial charge in [0.25, 0.3) is 5.91 Å². The fourth-order valence-electron chi connectivity index (χ4n) is 5.37. The molecule has 0 saturated carbocycles. The van der Waals surface area contributed by atoms with E-state index in [1.807, 2.05) is 11.4 Å². The van der Waals surface area contributed by atoms with Crippen LogP contribution in [0.15, 0.2) is 72.2 Å². The van der Waals surface area contributed by atoms with Gasteiger partial charge in [0.15, 0.2) is 17.2 Å². The minimum atomic E-state index is -4.68. The van der Waals surface area contributed by atoms with Gasteiger partial charge in [-0.3, -0.25) is 4.79 Å². The summed E-state index contributed by atoms with van der Waals surface area (Å²) >= 11 is 1.51. The van der Waals surface area contributed by atoms with Crippen LogP contribution in [-0.4, -0.2) is 52.1 Å². The average Bonchev–Trinajstić information content (AvgIpc) is 3.74. The van der Waals surface area contributed by atoms with E-state index < -0.39 is 35.4 Å². The molecule has 0 bridgehead atoms. The molecule has 0 atom stereocenters. The number of hydrogen-bond donors (Lipinski definition) is 2. The molecule has 1 aliphatic rings. The molecule has 4 heterocycles. The molecule has 264 valence electrons. The van der Waals surface area contributed by atoms with Crippen LogP contribution in [0.25, 0.3) is 27.4 Å². The normalized spacial score (nSPS) is 12.5. The number of halogens is 3. The molecule has 0 saturated heterocycles. The number of nitrogens with zero attached hydrogens (tertiary/aromatic N) is 3. The highest BCUT2D eigenvalue weighted by Crippen LogP contribution is 2.43. The van der Waals surface area contributed by atoms with Crippen molar-refractivity contribution in [3.63, 3.8) is 0 Å². The van der Waals surface area contributed by atoms with Crippen LogP contribution in [0.5, 0.6) is 5.75 Å². The van der Waals surface area contributed by atoms with Crippen molar-refractivity contribution in [1.82, 2.24) is 20.1 Å². The molecule has 2 aromatic carbocycles. The molecule has 3 aromatic heterocycles. The number of ether oxygens (including phenoxy) is 3. The summed E-state index contributed by atoms with van der Waals surface area (Å²) in [7, 11) is 1.15. The SMILES string of the molecule is COC(=O)c1nc(-n2ccc(C(F)(F)F)n2)ccc1-c1cc2c(cc1C(=O)Nc1ccc(CNC(=O)OC(C)(C)C)cc1)-c1sccc1CCO2. The molecule has 0 radical (unpaired) electrons. The first-order chi connectivity index (χ1) is 24.2. The van der Waals surface area contributed by atoms with Crippen LogP contribution in [0.3, 0.4) is 0 Å². The molecule has 51 heavy (non-hydrogen) atoms. The number of aromatic nitrogens is 3. The van der Waals surface area contributed by atoms with Crippen LogP contribution in [0.4, 0.5) is 23.7 Å². The second kappa shape index (κ2) is 13.9. The van der Waals surface area contributed by atoms with Gasteiger partial charge in [0, 0.05) is 52.0 Å². The highest BCUT2D eigenvalue weighted by Gasteiger charge is 2.34. The van der Waals surface area contributed by atoms with E-state index in [-0.39, 0.29) is 34.7 Å². The van der Waals surface area contributed by atoms with Gasteiger partial charge in [-0.1, -0.05) is 12.1 Å². The Morgan fingerprint density at radius 1 is 0.980 bits per heavy atom. The van der Waals surface area contributed by atoms with Crippen molar-refractivity contribution in [1.29, 1.82) is 0 Å². The van der Waals surface area contributed by atoms with Gasteiger partial charge in [-0.25, -0.2) is 19.3 Å². The maximum absolute atomic E-state index is 14.1. The topological polar surface area (TPSA) is 134 Å². The van der Waals surface area contributed by atoms with Crippen LogP contribution in [0.1, 0.15) is 58.4 Å². The minimum absolute atomic E-state index is 0.0730. The number of thiophene rings is 1. The fourth-order valence-corrected chi connectivity index (χ4v) is 6.35. The summed E-state index contributed by atoms with van der Waals surface area (Å²) in [6.07, 6.45) is -3.51. The maximum atomic E-state index is 14.1. The van der Waals surface area contributed by atoms with Gasteiger partial charge < -0.3 is 24.8 Å². The lowest BCUT2D eigenvalue weighted by Crippen LogP contribution is -2.32. The number of benzene rings is 2. The molecule has 2 amide bonds. The van der Waals surface area contributed by atoms with Crippen LogP contribution < -0.4 is 15.4 Å². The number of fused-ring (bicyclic) bond motifs is 3. The Morgan fingerprint density at radius 3 is 2.43 bits per heavy atom. The zero-order valence-electron chi connectivity index (χ0n) is 27.9. The van der Waals surface area contributed by atoms with Crippen LogP contribution >= 0.6 is 11.3 Å². The second-order valence-corrected chi connectivity index (χ2v) is 13.4. The zero-order valence-corrected chi connectivity index (χ0v) is 28.7. The number of pyridine rings is 1. The van der Waals surface area contributed by atoms with Crippen molar-refractivity contribution in [3.05, 3.63) is 100 Å². The predicted octanol–water partition coefficient (Wildman–Crippen LogP) is 7.68. The van der Waals surface area contributed by atoms with E-state index in [2.05, 4.69) is 20.7 Å². The van der Waals surface area contributed by atoms with Gasteiger partial charge >= 0.3 is 18.2 Å². The maximum Gasteiger partial charge on any atom is 0.435 e. The molecule has 0 spiro atoms. The van der Waals surface area contributed by atoms with Crippen LogP contribution in [0, 0.1) is 0 Å². The lowest BCUT2D eigenvalue weighted by molar-refractivity contribution is -0.141. The molecule has 5 aromatic rings. The van der Waals surface area contributed by atoms with Crippen molar-refractivity contribution in [2.75, 3.05) is 19.0 Å². The Labute approximate surface area is 294 Å². The van der Waals surface area contributed by atoms with Crippen LogP contribution in [-0.2, 0) is 28.6 Å². The third-order valence-corrected chi connectivity index (χ3v) is 8.69. The monoisotopic (exact) mass is 719 g/mol. The predicted molar refractivity (Wildman–Crippen MR) is 183 cm³/mol. The van der Waals surface area contributed by atoms with E-state index in [9.17, 15) is 27.6 Å². The van der Waals surface area contributed by atoms with Gasteiger partial charge in [0.1, 0.15) is 11.4 Å². The van der Waals surface area contributed by atoms with E-state index in [1.165, 1.54) is 23.5 Å². The molecule has 0 aliphatic carbocycles. The Hall–Kier alpha value is -5.70. The number of alkyl carbamates (subject to hydrolysis) is 1. The van der Waals surface area contributed by atoms with Crippen molar-refractivity contribution < 1.29 is 41.8 Å². The fraction of sp³-hybridized carbons (Fsp3) is 0.250. The molecule has 6 rings (SSSR count). The number of anilines is 1. The first kappa shape index (κ1) is 35.1. The number of methoxy groups -OCH3 is 1. The van der Waals surface area contributed by atoms with E-state index in [4.69, 9.17) is 14.2 Å². The quantitative estimate of drug-likeness (QED) is 0.164. The number of carbonyl (C=O) groups excluding carboxylic acids is 3. The molecule has 1 aliphatic heterocycles. The summed E-state index contributed by atoms with van der Waals surface area (Å²) in [6.45, 7) is 5.89. The third kappa shape index (κ3) is 7.88. The Balaban J connectivity index is 1.38. The summed E-state index contributed by atoms with van der Waals surface area (Å²) in [5.41, 5.74) is 1.59. The molecule has 0 unspecified atom stereocenters. The van der Waals surface area contributed by atoms with Gasteiger partial charge in [-0.05, 0) is 85.8 Å². The van der Waals surface area contributed by atoms with E-state index in [0.717, 1.165) is 40.1 Å².